The van der Waals surface area contributed by atoms with Crippen LogP contribution in [0.25, 0.3) is 0 Å². The van der Waals surface area contributed by atoms with E-state index >= 15 is 0 Å². The molecule has 2 nitrogen and oxygen atoms in total. The third-order valence-electron chi connectivity index (χ3n) is 3.49. The smallest absolute Gasteiger partial charge is 0.245 e. The maximum absolute atomic E-state index is 12.7. The third kappa shape index (κ3) is 4.87. The number of para-hydroxylation sites is 1. The maximum atomic E-state index is 12.7. The van der Waals surface area contributed by atoms with Crippen molar-refractivity contribution in [2.45, 2.75) is 31.7 Å². The van der Waals surface area contributed by atoms with Crippen molar-refractivity contribution in [3.8, 4) is 0 Å². The Morgan fingerprint density at radius 2 is 1.83 bits per heavy atom. The molecule has 2 aromatic carbocycles. The molecule has 5 heteroatoms. The molecule has 0 aromatic heterocycles. The number of amides is 1. The molecule has 0 aliphatic carbocycles. The fraction of sp³-hybridized carbons (Fsp3) is 0.278. The van der Waals surface area contributed by atoms with Gasteiger partial charge in [-0.3, -0.25) is 4.79 Å². The summed E-state index contributed by atoms with van der Waals surface area (Å²) in [7, 11) is 0. The number of hydrogen-bond acceptors (Lipinski definition) is 1. The van der Waals surface area contributed by atoms with Gasteiger partial charge in [0.2, 0.25) is 5.91 Å². The van der Waals surface area contributed by atoms with Crippen LogP contribution in [0.3, 0.4) is 0 Å². The number of carbonyl (C=O) groups excluding carboxylic acids is 1. The van der Waals surface area contributed by atoms with Gasteiger partial charge in [0, 0.05) is 15.7 Å². The highest BCUT2D eigenvalue weighted by Gasteiger charge is 2.23. The Balaban J connectivity index is 2.32. The van der Waals surface area contributed by atoms with Gasteiger partial charge in [-0.2, -0.15) is 0 Å². The number of hydrogen-bond donors (Lipinski definition) is 0. The summed E-state index contributed by atoms with van der Waals surface area (Å²) in [4.78, 5) is 14.4. The Hall–Kier alpha value is -1.22. The van der Waals surface area contributed by atoms with Gasteiger partial charge >= 0.3 is 0 Å². The molecule has 0 heterocycles. The van der Waals surface area contributed by atoms with E-state index in [0.717, 1.165) is 17.7 Å². The van der Waals surface area contributed by atoms with Gasteiger partial charge in [0.15, 0.2) is 0 Å². The summed E-state index contributed by atoms with van der Waals surface area (Å²) < 4.78 is 0. The molecule has 1 amide bonds. The van der Waals surface area contributed by atoms with Crippen LogP contribution in [0, 0.1) is 0 Å². The summed E-state index contributed by atoms with van der Waals surface area (Å²) in [6, 6.07) is 14.7. The minimum atomic E-state index is -0.550. The van der Waals surface area contributed by atoms with E-state index in [4.69, 9.17) is 34.8 Å². The zero-order valence-corrected chi connectivity index (χ0v) is 15.1. The van der Waals surface area contributed by atoms with Crippen LogP contribution in [-0.2, 0) is 11.3 Å². The quantitative estimate of drug-likeness (QED) is 0.577. The second kappa shape index (κ2) is 8.58. The van der Waals surface area contributed by atoms with Crippen molar-refractivity contribution in [3.05, 3.63) is 64.1 Å². The molecule has 1 atom stereocenters. The molecule has 1 unspecified atom stereocenters. The molecule has 0 fully saturated rings. The molecule has 0 bridgehead atoms. The van der Waals surface area contributed by atoms with Crippen molar-refractivity contribution in [1.82, 2.24) is 0 Å². The van der Waals surface area contributed by atoms with Gasteiger partial charge in [-0.1, -0.05) is 60.8 Å². The van der Waals surface area contributed by atoms with Crippen LogP contribution >= 0.6 is 34.8 Å². The average molecular weight is 371 g/mol. The molecule has 2 aromatic rings. The van der Waals surface area contributed by atoms with E-state index in [1.165, 1.54) is 0 Å². The van der Waals surface area contributed by atoms with E-state index in [2.05, 4.69) is 0 Å². The number of anilines is 1. The first-order chi connectivity index (χ1) is 11.0. The SMILES string of the molecule is CCCC(Cl)C(=O)N(Cc1ccc(Cl)cc1Cl)c1ccccc1. The van der Waals surface area contributed by atoms with Gasteiger partial charge < -0.3 is 4.90 Å². The number of halogens is 3. The van der Waals surface area contributed by atoms with Crippen LogP contribution in [-0.4, -0.2) is 11.3 Å². The predicted molar refractivity (Wildman–Crippen MR) is 98.6 cm³/mol. The maximum Gasteiger partial charge on any atom is 0.245 e. The van der Waals surface area contributed by atoms with Crippen molar-refractivity contribution >= 4 is 46.4 Å². The highest BCUT2D eigenvalue weighted by atomic mass is 35.5. The van der Waals surface area contributed by atoms with Crippen LogP contribution in [0.15, 0.2) is 48.5 Å². The van der Waals surface area contributed by atoms with Crippen LogP contribution in [0.4, 0.5) is 5.69 Å². The molecule has 23 heavy (non-hydrogen) atoms. The van der Waals surface area contributed by atoms with E-state index in [9.17, 15) is 4.79 Å². The lowest BCUT2D eigenvalue weighted by Gasteiger charge is -2.25. The second-order valence-corrected chi connectivity index (χ2v) is 6.62. The summed E-state index contributed by atoms with van der Waals surface area (Å²) >= 11 is 18.5. The summed E-state index contributed by atoms with van der Waals surface area (Å²) in [6.45, 7) is 2.36. The van der Waals surface area contributed by atoms with E-state index < -0.39 is 5.38 Å². The fourth-order valence-electron chi connectivity index (χ4n) is 2.27. The number of nitrogens with zero attached hydrogens (tertiary/aromatic N) is 1. The monoisotopic (exact) mass is 369 g/mol. The average Bonchev–Trinajstić information content (AvgIpc) is 2.54. The molecule has 2 rings (SSSR count). The van der Waals surface area contributed by atoms with Crippen LogP contribution in [0.1, 0.15) is 25.3 Å². The Morgan fingerprint density at radius 1 is 1.13 bits per heavy atom. The first kappa shape index (κ1) is 18.1. The standard InChI is InChI=1S/C18H18Cl3NO/c1-2-6-16(20)18(23)22(15-7-4-3-5-8-15)12-13-9-10-14(19)11-17(13)21/h3-5,7-11,16H,2,6,12H2,1H3. The first-order valence-corrected chi connectivity index (χ1v) is 8.66. The highest BCUT2D eigenvalue weighted by Crippen LogP contribution is 2.26. The Bertz CT molecular complexity index is 661. The van der Waals surface area contributed by atoms with Crippen molar-refractivity contribution < 1.29 is 4.79 Å². The van der Waals surface area contributed by atoms with Gasteiger partial charge in [0.25, 0.3) is 0 Å². The van der Waals surface area contributed by atoms with E-state index in [1.54, 1.807) is 17.0 Å². The largest absolute Gasteiger partial charge is 0.307 e. The number of benzene rings is 2. The third-order valence-corrected chi connectivity index (χ3v) is 4.48. The Labute approximate surface area is 152 Å². The van der Waals surface area contributed by atoms with Crippen molar-refractivity contribution in [2.24, 2.45) is 0 Å². The Kier molecular flexibility index (Phi) is 6.76. The Morgan fingerprint density at radius 3 is 2.43 bits per heavy atom. The molecule has 0 N–H and O–H groups in total. The second-order valence-electron chi connectivity index (χ2n) is 5.25. The normalized spacial score (nSPS) is 12.0. The summed E-state index contributed by atoms with van der Waals surface area (Å²) in [5, 5.41) is 0.552. The molecule has 0 saturated carbocycles. The molecule has 122 valence electrons. The van der Waals surface area contributed by atoms with Crippen molar-refractivity contribution in [3.63, 3.8) is 0 Å². The van der Waals surface area contributed by atoms with Gasteiger partial charge in [0.05, 0.1) is 6.54 Å². The molecule has 0 radical (unpaired) electrons. The van der Waals surface area contributed by atoms with Crippen molar-refractivity contribution in [1.29, 1.82) is 0 Å². The van der Waals surface area contributed by atoms with Gasteiger partial charge in [-0.25, -0.2) is 0 Å². The fourth-order valence-corrected chi connectivity index (χ4v) is 3.07. The molecule has 0 spiro atoms. The lowest BCUT2D eigenvalue weighted by Crippen LogP contribution is -2.36. The van der Waals surface area contributed by atoms with Gasteiger partial charge in [-0.15, -0.1) is 11.6 Å². The van der Waals surface area contributed by atoms with Crippen LogP contribution in [0.2, 0.25) is 10.0 Å². The number of alkyl halides is 1. The van der Waals surface area contributed by atoms with Crippen LogP contribution < -0.4 is 4.90 Å². The van der Waals surface area contributed by atoms with E-state index in [-0.39, 0.29) is 5.91 Å². The molecule has 0 saturated heterocycles. The lowest BCUT2D eigenvalue weighted by atomic mass is 10.1. The van der Waals surface area contributed by atoms with Crippen LogP contribution in [0.5, 0.6) is 0 Å². The summed E-state index contributed by atoms with van der Waals surface area (Å²) in [5.41, 5.74) is 1.62. The molecular formula is C18H18Cl3NO. The van der Waals surface area contributed by atoms with E-state index in [1.807, 2.05) is 43.3 Å². The number of rotatable bonds is 6. The van der Waals surface area contributed by atoms with Gasteiger partial charge in [0.1, 0.15) is 5.38 Å². The van der Waals surface area contributed by atoms with Crippen molar-refractivity contribution in [2.75, 3.05) is 4.90 Å². The summed E-state index contributed by atoms with van der Waals surface area (Å²) in [6.07, 6.45) is 1.49. The van der Waals surface area contributed by atoms with Gasteiger partial charge in [-0.05, 0) is 36.2 Å². The molecule has 0 aliphatic heterocycles. The molecular weight excluding hydrogens is 353 g/mol. The zero-order chi connectivity index (χ0) is 16.8. The number of carbonyl (C=O) groups is 1. The topological polar surface area (TPSA) is 20.3 Å². The minimum Gasteiger partial charge on any atom is -0.307 e. The predicted octanol–water partition coefficient (Wildman–Crippen LogP) is 5.93. The molecule has 0 aliphatic rings. The summed E-state index contributed by atoms with van der Waals surface area (Å²) in [5.74, 6) is -0.120. The first-order valence-electron chi connectivity index (χ1n) is 7.47. The lowest BCUT2D eigenvalue weighted by molar-refractivity contribution is -0.118. The van der Waals surface area contributed by atoms with E-state index in [0.29, 0.717) is 23.0 Å². The zero-order valence-electron chi connectivity index (χ0n) is 12.8. The highest BCUT2D eigenvalue weighted by molar-refractivity contribution is 6.35. The minimum absolute atomic E-state index is 0.120.